The molecule has 1 fully saturated rings. The number of hydrogen-bond acceptors (Lipinski definition) is 4. The number of amides is 2. The fraction of sp³-hybridized carbons (Fsp3) is 0.692. The lowest BCUT2D eigenvalue weighted by atomic mass is 9.93. The van der Waals surface area contributed by atoms with E-state index in [1.807, 2.05) is 0 Å². The Balaban J connectivity index is 1.71. The number of H-pyrrole nitrogens is 1. The van der Waals surface area contributed by atoms with Gasteiger partial charge in [0.25, 0.3) is 0 Å². The largest absolute Gasteiger partial charge is 0.481 e. The van der Waals surface area contributed by atoms with E-state index >= 15 is 0 Å². The van der Waals surface area contributed by atoms with Crippen LogP contribution in [0.4, 0.5) is 4.79 Å². The standard InChI is InChI=1S/C13H21N5O3/c19-11(20)8-13(5-1-2-6-13)17-12(21)14-7-3-4-10-15-9-16-18-10/h9H,1-8H2,(H,19,20)(H2,14,17,21)(H,15,16,18). The van der Waals surface area contributed by atoms with Crippen molar-refractivity contribution in [2.24, 2.45) is 0 Å². The van der Waals surface area contributed by atoms with E-state index in [-0.39, 0.29) is 12.5 Å². The number of carbonyl (C=O) groups is 2. The van der Waals surface area contributed by atoms with Gasteiger partial charge in [0, 0.05) is 13.0 Å². The van der Waals surface area contributed by atoms with Gasteiger partial charge < -0.3 is 15.7 Å². The number of urea groups is 1. The van der Waals surface area contributed by atoms with Crippen LogP contribution in [0.1, 0.15) is 44.3 Å². The van der Waals surface area contributed by atoms with Crippen molar-refractivity contribution in [1.29, 1.82) is 0 Å². The summed E-state index contributed by atoms with van der Waals surface area (Å²) in [5.41, 5.74) is -0.582. The highest BCUT2D eigenvalue weighted by Crippen LogP contribution is 2.32. The lowest BCUT2D eigenvalue weighted by Crippen LogP contribution is -2.51. The summed E-state index contributed by atoms with van der Waals surface area (Å²) in [5, 5.41) is 21.1. The molecule has 1 aliphatic carbocycles. The van der Waals surface area contributed by atoms with Crippen molar-refractivity contribution >= 4 is 12.0 Å². The third kappa shape index (κ3) is 4.73. The van der Waals surface area contributed by atoms with E-state index in [9.17, 15) is 9.59 Å². The van der Waals surface area contributed by atoms with Gasteiger partial charge in [-0.15, -0.1) is 0 Å². The van der Waals surface area contributed by atoms with Crippen LogP contribution in [0.15, 0.2) is 6.33 Å². The fourth-order valence-corrected chi connectivity index (χ4v) is 2.78. The molecule has 4 N–H and O–H groups in total. The minimum absolute atomic E-state index is 0.0154. The van der Waals surface area contributed by atoms with E-state index in [1.54, 1.807) is 0 Å². The van der Waals surface area contributed by atoms with E-state index in [0.717, 1.165) is 37.9 Å². The van der Waals surface area contributed by atoms with Crippen molar-refractivity contribution in [2.75, 3.05) is 6.54 Å². The number of aromatic nitrogens is 3. The van der Waals surface area contributed by atoms with Crippen LogP contribution in [0.25, 0.3) is 0 Å². The Labute approximate surface area is 122 Å². The van der Waals surface area contributed by atoms with Crippen LogP contribution in [0.2, 0.25) is 0 Å². The Morgan fingerprint density at radius 2 is 2.14 bits per heavy atom. The molecule has 21 heavy (non-hydrogen) atoms. The normalized spacial score (nSPS) is 16.6. The predicted octanol–water partition coefficient (Wildman–Crippen LogP) is 0.824. The van der Waals surface area contributed by atoms with Crippen molar-refractivity contribution in [3.63, 3.8) is 0 Å². The van der Waals surface area contributed by atoms with E-state index < -0.39 is 11.5 Å². The number of carboxylic acids is 1. The summed E-state index contributed by atoms with van der Waals surface area (Å²) in [6.07, 6.45) is 6.26. The van der Waals surface area contributed by atoms with E-state index in [4.69, 9.17) is 5.11 Å². The Kier molecular flexibility index (Phi) is 5.13. The maximum atomic E-state index is 11.9. The first-order chi connectivity index (χ1) is 10.1. The van der Waals surface area contributed by atoms with Gasteiger partial charge in [-0.1, -0.05) is 12.8 Å². The molecule has 8 nitrogen and oxygen atoms in total. The first kappa shape index (κ1) is 15.3. The Bertz CT molecular complexity index is 468. The average molecular weight is 295 g/mol. The highest BCUT2D eigenvalue weighted by atomic mass is 16.4. The van der Waals surface area contributed by atoms with Crippen molar-refractivity contribution < 1.29 is 14.7 Å². The molecule has 8 heteroatoms. The molecule has 0 spiro atoms. The molecule has 1 heterocycles. The molecule has 0 bridgehead atoms. The molecule has 0 saturated heterocycles. The van der Waals surface area contributed by atoms with Crippen molar-refractivity contribution in [1.82, 2.24) is 25.8 Å². The number of aliphatic carboxylic acids is 1. The average Bonchev–Trinajstić information content (AvgIpc) is 3.06. The number of rotatable bonds is 7. The first-order valence-electron chi connectivity index (χ1n) is 7.22. The van der Waals surface area contributed by atoms with Gasteiger partial charge in [0.1, 0.15) is 12.2 Å². The molecule has 2 rings (SSSR count). The van der Waals surface area contributed by atoms with E-state index in [1.165, 1.54) is 6.33 Å². The van der Waals surface area contributed by atoms with Gasteiger partial charge in [-0.25, -0.2) is 9.78 Å². The van der Waals surface area contributed by atoms with Gasteiger partial charge in [-0.3, -0.25) is 9.89 Å². The number of aromatic amines is 1. The van der Waals surface area contributed by atoms with Crippen molar-refractivity contribution in [2.45, 2.75) is 50.5 Å². The Morgan fingerprint density at radius 3 is 2.76 bits per heavy atom. The quantitative estimate of drug-likeness (QED) is 0.555. The third-order valence-electron chi connectivity index (χ3n) is 3.77. The summed E-state index contributed by atoms with van der Waals surface area (Å²) in [5.74, 6) is -0.0853. The lowest BCUT2D eigenvalue weighted by molar-refractivity contribution is -0.138. The van der Waals surface area contributed by atoms with Gasteiger partial charge in [0.2, 0.25) is 0 Å². The molecular formula is C13H21N5O3. The molecule has 1 aromatic heterocycles. The highest BCUT2D eigenvalue weighted by Gasteiger charge is 2.37. The summed E-state index contributed by atoms with van der Waals surface area (Å²) in [7, 11) is 0. The van der Waals surface area contributed by atoms with Crippen LogP contribution in [-0.4, -0.2) is 44.4 Å². The second kappa shape index (κ2) is 7.05. The van der Waals surface area contributed by atoms with Crippen LogP contribution in [0.5, 0.6) is 0 Å². The second-order valence-electron chi connectivity index (χ2n) is 5.47. The van der Waals surface area contributed by atoms with Crippen LogP contribution in [0, 0.1) is 0 Å². The van der Waals surface area contributed by atoms with Crippen LogP contribution < -0.4 is 10.6 Å². The number of nitrogens with one attached hydrogen (secondary N) is 3. The molecule has 0 unspecified atom stereocenters. The Morgan fingerprint density at radius 1 is 1.38 bits per heavy atom. The maximum Gasteiger partial charge on any atom is 0.315 e. The summed E-state index contributed by atoms with van der Waals surface area (Å²) in [6.45, 7) is 0.510. The van der Waals surface area contributed by atoms with Crippen LogP contribution in [0.3, 0.4) is 0 Å². The smallest absolute Gasteiger partial charge is 0.315 e. The number of nitrogens with zero attached hydrogens (tertiary/aromatic N) is 2. The number of hydrogen-bond donors (Lipinski definition) is 4. The number of carboxylic acid groups (broad SMARTS) is 1. The van der Waals surface area contributed by atoms with Gasteiger partial charge in [-0.2, -0.15) is 5.10 Å². The molecule has 0 aromatic carbocycles. The molecule has 2 amide bonds. The van der Waals surface area contributed by atoms with Gasteiger partial charge in [0.05, 0.1) is 12.0 Å². The molecule has 1 aromatic rings. The van der Waals surface area contributed by atoms with Gasteiger partial charge in [-0.05, 0) is 19.3 Å². The highest BCUT2D eigenvalue weighted by molar-refractivity contribution is 5.76. The zero-order valence-electron chi connectivity index (χ0n) is 11.9. The zero-order valence-corrected chi connectivity index (χ0v) is 11.9. The van der Waals surface area contributed by atoms with Crippen LogP contribution in [-0.2, 0) is 11.2 Å². The molecule has 0 atom stereocenters. The second-order valence-corrected chi connectivity index (χ2v) is 5.47. The number of aryl methyl sites for hydroxylation is 1. The lowest BCUT2D eigenvalue weighted by Gasteiger charge is -2.28. The van der Waals surface area contributed by atoms with Crippen molar-refractivity contribution in [3.8, 4) is 0 Å². The molecule has 0 aliphatic heterocycles. The predicted molar refractivity (Wildman–Crippen MR) is 74.7 cm³/mol. The SMILES string of the molecule is O=C(O)CC1(NC(=O)NCCCc2ncn[nH]2)CCCC1. The maximum absolute atomic E-state index is 11.9. The third-order valence-corrected chi connectivity index (χ3v) is 3.77. The van der Waals surface area contributed by atoms with Crippen molar-refractivity contribution in [3.05, 3.63) is 12.2 Å². The molecule has 0 radical (unpaired) electrons. The molecule has 1 aliphatic rings. The van der Waals surface area contributed by atoms with Gasteiger partial charge in [0.15, 0.2) is 0 Å². The summed E-state index contributed by atoms with van der Waals surface area (Å²) < 4.78 is 0. The van der Waals surface area contributed by atoms with Gasteiger partial charge >= 0.3 is 12.0 Å². The van der Waals surface area contributed by atoms with E-state index in [2.05, 4.69) is 25.8 Å². The monoisotopic (exact) mass is 295 g/mol. The first-order valence-corrected chi connectivity index (χ1v) is 7.22. The summed E-state index contributed by atoms with van der Waals surface area (Å²) in [4.78, 5) is 26.8. The van der Waals surface area contributed by atoms with Crippen LogP contribution >= 0.6 is 0 Å². The Hall–Kier alpha value is -2.12. The minimum Gasteiger partial charge on any atom is -0.481 e. The summed E-state index contributed by atoms with van der Waals surface area (Å²) in [6, 6.07) is -0.296. The minimum atomic E-state index is -0.873. The van der Waals surface area contributed by atoms with E-state index in [0.29, 0.717) is 13.0 Å². The fourth-order valence-electron chi connectivity index (χ4n) is 2.78. The summed E-state index contributed by atoms with van der Waals surface area (Å²) >= 11 is 0. The molecular weight excluding hydrogens is 274 g/mol. The zero-order chi connectivity index (χ0) is 15.1. The molecule has 1 saturated carbocycles. The number of carbonyl (C=O) groups excluding carboxylic acids is 1. The molecule has 116 valence electrons. The topological polar surface area (TPSA) is 120 Å².